The zero-order valence-electron chi connectivity index (χ0n) is 18.5. The van der Waals surface area contributed by atoms with E-state index in [4.69, 9.17) is 15.9 Å². The number of piperazine rings is 1. The number of esters is 1. The summed E-state index contributed by atoms with van der Waals surface area (Å²) in [5.41, 5.74) is 6.07. The fraction of sp³-hybridized carbons (Fsp3) is 0.636. The molecule has 2 amide bonds. The largest absolute Gasteiger partial charge is 0.465 e. The summed E-state index contributed by atoms with van der Waals surface area (Å²) in [6.45, 7) is 7.18. The average Bonchev–Trinajstić information content (AvgIpc) is 2.78. The minimum absolute atomic E-state index is 0.00187. The van der Waals surface area contributed by atoms with Crippen LogP contribution < -0.4 is 16.0 Å². The Morgan fingerprint density at radius 3 is 2.42 bits per heavy atom. The third kappa shape index (κ3) is 6.32. The number of amides is 2. The lowest BCUT2D eigenvalue weighted by atomic mass is 9.86. The number of hydrogen-bond donors (Lipinski definition) is 3. The number of ether oxygens (including phenoxy) is 1. The van der Waals surface area contributed by atoms with E-state index in [2.05, 4.69) is 15.2 Å². The van der Waals surface area contributed by atoms with Crippen LogP contribution in [0.1, 0.15) is 45.1 Å². The molecule has 1 aliphatic carbocycles. The van der Waals surface area contributed by atoms with E-state index in [1.165, 1.54) is 0 Å². The van der Waals surface area contributed by atoms with E-state index in [9.17, 15) is 9.59 Å². The number of rotatable bonds is 6. The number of nitrogens with one attached hydrogen (secondary N) is 2. The second-order valence-corrected chi connectivity index (χ2v) is 8.81. The fourth-order valence-corrected chi connectivity index (χ4v) is 3.98. The van der Waals surface area contributed by atoms with Crippen LogP contribution in [0.4, 0.5) is 10.6 Å². The number of urea groups is 1. The molecule has 1 aliphatic heterocycles. The van der Waals surface area contributed by atoms with Crippen molar-refractivity contribution in [2.45, 2.75) is 45.6 Å². The van der Waals surface area contributed by atoms with Gasteiger partial charge in [0, 0.05) is 44.0 Å². The molecule has 2 heterocycles. The summed E-state index contributed by atoms with van der Waals surface area (Å²) < 4.78 is 5.36. The van der Waals surface area contributed by atoms with Crippen molar-refractivity contribution >= 4 is 23.7 Å². The number of amidine groups is 1. The molecule has 4 N–H and O–H groups in total. The Bertz CT molecular complexity index is 766. The van der Waals surface area contributed by atoms with E-state index in [1.54, 1.807) is 12.3 Å². The van der Waals surface area contributed by atoms with E-state index >= 15 is 0 Å². The van der Waals surface area contributed by atoms with E-state index in [0.29, 0.717) is 44.3 Å². The molecular formula is C22H34N6O3. The van der Waals surface area contributed by atoms with Gasteiger partial charge in [0.05, 0.1) is 12.5 Å². The summed E-state index contributed by atoms with van der Waals surface area (Å²) in [7, 11) is 0. The normalized spacial score (nSPS) is 21.6. The SMILES string of the molecule is CC(C)COC(=O)C1CCC(NC(=O)N2CCN(c3ccc(C(=N)N)cn3)CC2)CC1. The maximum absolute atomic E-state index is 12.7. The van der Waals surface area contributed by atoms with Gasteiger partial charge in [-0.05, 0) is 43.7 Å². The minimum Gasteiger partial charge on any atom is -0.465 e. The van der Waals surface area contributed by atoms with Crippen molar-refractivity contribution in [1.82, 2.24) is 15.2 Å². The Morgan fingerprint density at radius 1 is 1.19 bits per heavy atom. The van der Waals surface area contributed by atoms with Gasteiger partial charge < -0.3 is 25.6 Å². The van der Waals surface area contributed by atoms with Gasteiger partial charge in [-0.3, -0.25) is 10.2 Å². The zero-order chi connectivity index (χ0) is 22.4. The van der Waals surface area contributed by atoms with Crippen LogP contribution >= 0.6 is 0 Å². The molecule has 9 nitrogen and oxygen atoms in total. The van der Waals surface area contributed by atoms with Crippen LogP contribution in [0, 0.1) is 17.2 Å². The summed E-state index contributed by atoms with van der Waals surface area (Å²) in [5, 5.41) is 10.6. The van der Waals surface area contributed by atoms with Crippen LogP contribution in [0.3, 0.4) is 0 Å². The Morgan fingerprint density at radius 2 is 1.87 bits per heavy atom. The minimum atomic E-state index is -0.0976. The lowest BCUT2D eigenvalue weighted by Gasteiger charge is -2.37. The predicted octanol–water partition coefficient (Wildman–Crippen LogP) is 1.96. The molecule has 0 spiro atoms. The van der Waals surface area contributed by atoms with Gasteiger partial charge in [-0.1, -0.05) is 13.8 Å². The summed E-state index contributed by atoms with van der Waals surface area (Å²) >= 11 is 0. The van der Waals surface area contributed by atoms with Gasteiger partial charge in [-0.2, -0.15) is 0 Å². The Hall–Kier alpha value is -2.84. The number of carbonyl (C=O) groups is 2. The topological polar surface area (TPSA) is 125 Å². The average molecular weight is 431 g/mol. The molecule has 1 aromatic rings. The number of nitrogens with zero attached hydrogens (tertiary/aromatic N) is 3. The smallest absolute Gasteiger partial charge is 0.317 e. The zero-order valence-corrected chi connectivity index (χ0v) is 18.5. The second-order valence-electron chi connectivity index (χ2n) is 8.81. The molecule has 0 atom stereocenters. The molecule has 2 aliphatic rings. The summed E-state index contributed by atoms with van der Waals surface area (Å²) in [6.07, 6.45) is 4.74. The number of anilines is 1. The van der Waals surface area contributed by atoms with E-state index in [-0.39, 0.29) is 29.8 Å². The number of aromatic nitrogens is 1. The molecule has 1 aromatic heterocycles. The molecular weight excluding hydrogens is 396 g/mol. The second kappa shape index (κ2) is 10.5. The van der Waals surface area contributed by atoms with E-state index in [0.717, 1.165) is 31.5 Å². The Kier molecular flexibility index (Phi) is 7.70. The molecule has 0 bridgehead atoms. The molecule has 1 saturated heterocycles. The number of nitrogen functional groups attached to an aromatic ring is 1. The van der Waals surface area contributed by atoms with Crippen LogP contribution in [0.15, 0.2) is 18.3 Å². The van der Waals surface area contributed by atoms with Gasteiger partial charge in [0.25, 0.3) is 0 Å². The first-order valence-corrected chi connectivity index (χ1v) is 11.1. The van der Waals surface area contributed by atoms with Gasteiger partial charge in [0.1, 0.15) is 11.7 Å². The van der Waals surface area contributed by atoms with Crippen LogP contribution in [-0.2, 0) is 9.53 Å². The monoisotopic (exact) mass is 430 g/mol. The quantitative estimate of drug-likeness (QED) is 0.360. The number of carbonyl (C=O) groups excluding carboxylic acids is 2. The first-order chi connectivity index (χ1) is 14.8. The van der Waals surface area contributed by atoms with E-state index in [1.807, 2.05) is 24.8 Å². The van der Waals surface area contributed by atoms with Gasteiger partial charge in [0.2, 0.25) is 0 Å². The highest BCUT2D eigenvalue weighted by molar-refractivity contribution is 5.94. The van der Waals surface area contributed by atoms with Crippen LogP contribution in [0.25, 0.3) is 0 Å². The van der Waals surface area contributed by atoms with Crippen molar-refractivity contribution in [3.8, 4) is 0 Å². The molecule has 9 heteroatoms. The number of hydrogen-bond acceptors (Lipinski definition) is 6. The van der Waals surface area contributed by atoms with Crippen molar-refractivity contribution < 1.29 is 14.3 Å². The van der Waals surface area contributed by atoms with Gasteiger partial charge in [0.15, 0.2) is 0 Å². The maximum Gasteiger partial charge on any atom is 0.317 e. The molecule has 170 valence electrons. The molecule has 31 heavy (non-hydrogen) atoms. The lowest BCUT2D eigenvalue weighted by molar-refractivity contribution is -0.150. The molecule has 2 fully saturated rings. The molecule has 1 saturated carbocycles. The maximum atomic E-state index is 12.7. The Labute approximate surface area is 183 Å². The van der Waals surface area contributed by atoms with Crippen molar-refractivity contribution in [3.63, 3.8) is 0 Å². The van der Waals surface area contributed by atoms with E-state index < -0.39 is 0 Å². The summed E-state index contributed by atoms with van der Waals surface area (Å²) in [5.74, 6) is 1.03. The molecule has 0 radical (unpaired) electrons. The summed E-state index contributed by atoms with van der Waals surface area (Å²) in [4.78, 5) is 33.2. The van der Waals surface area contributed by atoms with Gasteiger partial charge >= 0.3 is 12.0 Å². The third-order valence-corrected chi connectivity index (χ3v) is 5.90. The highest BCUT2D eigenvalue weighted by Gasteiger charge is 2.30. The highest BCUT2D eigenvalue weighted by atomic mass is 16.5. The standard InChI is InChI=1S/C22H34N6O3/c1-15(2)14-31-21(29)16-3-6-18(7-4-16)26-22(30)28-11-9-27(10-12-28)19-8-5-17(13-25-19)20(23)24/h5,8,13,15-16,18H,3-4,6-7,9-12,14H2,1-2H3,(H3,23,24)(H,26,30). The van der Waals surface area contributed by atoms with Crippen molar-refractivity contribution in [1.29, 1.82) is 5.41 Å². The third-order valence-electron chi connectivity index (χ3n) is 5.90. The summed E-state index contributed by atoms with van der Waals surface area (Å²) in [6, 6.07) is 3.72. The lowest BCUT2D eigenvalue weighted by Crippen LogP contribution is -2.54. The van der Waals surface area contributed by atoms with Crippen molar-refractivity contribution in [2.75, 3.05) is 37.7 Å². The van der Waals surface area contributed by atoms with Gasteiger partial charge in [-0.15, -0.1) is 0 Å². The number of pyridine rings is 1. The van der Waals surface area contributed by atoms with Gasteiger partial charge in [-0.25, -0.2) is 9.78 Å². The first kappa shape index (κ1) is 22.8. The Balaban J connectivity index is 1.39. The van der Waals surface area contributed by atoms with Crippen molar-refractivity contribution in [2.24, 2.45) is 17.6 Å². The fourth-order valence-electron chi connectivity index (χ4n) is 3.98. The highest BCUT2D eigenvalue weighted by Crippen LogP contribution is 2.26. The van der Waals surface area contributed by atoms with Crippen molar-refractivity contribution in [3.05, 3.63) is 23.9 Å². The van der Waals surface area contributed by atoms with Crippen LogP contribution in [0.2, 0.25) is 0 Å². The molecule has 0 unspecified atom stereocenters. The molecule has 3 rings (SSSR count). The van der Waals surface area contributed by atoms with Crippen LogP contribution in [-0.4, -0.2) is 66.5 Å². The number of nitrogens with two attached hydrogens (primary N) is 1. The first-order valence-electron chi connectivity index (χ1n) is 11.1. The van der Waals surface area contributed by atoms with Crippen LogP contribution in [0.5, 0.6) is 0 Å². The molecule has 0 aromatic carbocycles. The predicted molar refractivity (Wildman–Crippen MR) is 119 cm³/mol.